The lowest BCUT2D eigenvalue weighted by Crippen LogP contribution is -2.51. The number of piperidine rings is 1. The maximum absolute atomic E-state index is 13.3. The van der Waals surface area contributed by atoms with E-state index in [1.54, 1.807) is 36.4 Å². The van der Waals surface area contributed by atoms with Crippen LogP contribution in [-0.2, 0) is 20.9 Å². The van der Waals surface area contributed by atoms with Crippen molar-refractivity contribution in [3.05, 3.63) is 125 Å². The first-order chi connectivity index (χ1) is 31.0. The van der Waals surface area contributed by atoms with Gasteiger partial charge in [0.15, 0.2) is 0 Å². The van der Waals surface area contributed by atoms with Crippen molar-refractivity contribution in [2.45, 2.75) is 44.7 Å². The van der Waals surface area contributed by atoms with Gasteiger partial charge in [0, 0.05) is 82.5 Å². The molecule has 17 heteroatoms. The Morgan fingerprint density at radius 2 is 1.64 bits per heavy atom. The molecule has 0 bridgehead atoms. The van der Waals surface area contributed by atoms with Gasteiger partial charge in [-0.15, -0.1) is 0 Å². The van der Waals surface area contributed by atoms with Crippen LogP contribution < -0.4 is 42.0 Å². The molecule has 1 atom stereocenters. The van der Waals surface area contributed by atoms with Crippen molar-refractivity contribution < 1.29 is 28.7 Å². The first-order valence-corrected chi connectivity index (χ1v) is 21.6. The minimum absolute atomic E-state index is 0.0256. The molecular formula is C47H55N11O6. The van der Waals surface area contributed by atoms with Crippen molar-refractivity contribution in [1.82, 2.24) is 36.1 Å². The number of anilines is 2. The van der Waals surface area contributed by atoms with E-state index in [9.17, 15) is 24.0 Å². The van der Waals surface area contributed by atoms with Gasteiger partial charge in [-0.2, -0.15) is 0 Å². The Kier molecular flexibility index (Phi) is 14.8. The van der Waals surface area contributed by atoms with E-state index in [4.69, 9.17) is 15.9 Å². The molecular weight excluding hydrogens is 815 g/mol. The summed E-state index contributed by atoms with van der Waals surface area (Å²) in [4.78, 5) is 71.8. The number of rotatable bonds is 17. The summed E-state index contributed by atoms with van der Waals surface area (Å²) in [6, 6.07) is 27.2. The van der Waals surface area contributed by atoms with Crippen LogP contribution in [0.5, 0.6) is 11.5 Å². The third kappa shape index (κ3) is 11.8. The van der Waals surface area contributed by atoms with Gasteiger partial charge in [-0.05, 0) is 98.5 Å². The summed E-state index contributed by atoms with van der Waals surface area (Å²) in [5.74, 6) is 0.890. The Hall–Kier alpha value is -7.27. The molecule has 64 heavy (non-hydrogen) atoms. The minimum Gasteiger partial charge on any atom is -0.457 e. The van der Waals surface area contributed by atoms with Gasteiger partial charge in [0.25, 0.3) is 11.8 Å². The molecule has 17 nitrogen and oxygen atoms in total. The highest BCUT2D eigenvalue weighted by atomic mass is 16.5. The molecule has 0 saturated carbocycles. The number of carbonyl (C=O) groups excluding carboxylic acids is 5. The molecule has 0 radical (unpaired) electrons. The van der Waals surface area contributed by atoms with E-state index in [-0.39, 0.29) is 53.7 Å². The molecule has 334 valence electrons. The maximum atomic E-state index is 13.3. The number of hydrogen-bond donors (Lipinski definition) is 7. The lowest BCUT2D eigenvalue weighted by atomic mass is 9.86. The van der Waals surface area contributed by atoms with Crippen LogP contribution in [0.25, 0.3) is 0 Å². The summed E-state index contributed by atoms with van der Waals surface area (Å²) in [5.41, 5.74) is 9.29. The number of urea groups is 1. The second-order valence-corrected chi connectivity index (χ2v) is 16.1. The normalized spacial score (nSPS) is 17.4. The van der Waals surface area contributed by atoms with Gasteiger partial charge < -0.3 is 41.5 Å². The molecule has 3 aliphatic rings. The molecule has 6 amide bonds. The Labute approximate surface area is 372 Å². The summed E-state index contributed by atoms with van der Waals surface area (Å²) in [6.45, 7) is 4.41. The van der Waals surface area contributed by atoms with E-state index in [1.807, 2.05) is 66.5 Å². The van der Waals surface area contributed by atoms with Crippen molar-refractivity contribution in [3.63, 3.8) is 0 Å². The number of imide groups is 1. The van der Waals surface area contributed by atoms with Crippen LogP contribution in [0.15, 0.2) is 109 Å². The molecule has 0 aliphatic carbocycles. The van der Waals surface area contributed by atoms with Crippen molar-refractivity contribution in [2.24, 2.45) is 11.7 Å². The number of carbonyl (C=O) groups is 5. The fraction of sp³-hybridized carbons (Fsp3) is 0.340. The van der Waals surface area contributed by atoms with Crippen LogP contribution in [0.1, 0.15) is 53.7 Å². The van der Waals surface area contributed by atoms with Gasteiger partial charge in [0.1, 0.15) is 28.6 Å². The molecule has 4 heterocycles. The number of nitrogens with one attached hydrogen (secondary N) is 6. The lowest BCUT2D eigenvalue weighted by Gasteiger charge is -2.40. The number of nitrogens with zero attached hydrogens (tertiary/aromatic N) is 4. The molecule has 7 rings (SSSR count). The van der Waals surface area contributed by atoms with Crippen molar-refractivity contribution in [3.8, 4) is 11.5 Å². The number of para-hydroxylation sites is 1. The van der Waals surface area contributed by atoms with Gasteiger partial charge in [-0.25, -0.2) is 9.78 Å². The molecule has 3 aromatic carbocycles. The van der Waals surface area contributed by atoms with E-state index in [0.717, 1.165) is 30.5 Å². The van der Waals surface area contributed by atoms with E-state index >= 15 is 0 Å². The Morgan fingerprint density at radius 1 is 0.906 bits per heavy atom. The van der Waals surface area contributed by atoms with E-state index in [0.29, 0.717) is 86.7 Å². The van der Waals surface area contributed by atoms with Gasteiger partial charge in [-0.1, -0.05) is 30.3 Å². The number of hydrogen-bond acceptors (Lipinski definition) is 12. The highest BCUT2D eigenvalue weighted by molar-refractivity contribution is 6.26. The summed E-state index contributed by atoms with van der Waals surface area (Å²) in [7, 11) is 2.01. The summed E-state index contributed by atoms with van der Waals surface area (Å²) in [5, 5.41) is 24.1. The molecule has 4 aromatic rings. The fourth-order valence-electron chi connectivity index (χ4n) is 8.08. The molecule has 1 aromatic heterocycles. The van der Waals surface area contributed by atoms with Crippen molar-refractivity contribution >= 4 is 46.7 Å². The third-order valence-electron chi connectivity index (χ3n) is 11.6. The van der Waals surface area contributed by atoms with Crippen LogP contribution >= 0.6 is 0 Å². The predicted octanol–water partition coefficient (Wildman–Crippen LogP) is 3.94. The quantitative estimate of drug-likeness (QED) is 0.0457. The molecule has 8 N–H and O–H groups in total. The summed E-state index contributed by atoms with van der Waals surface area (Å²) < 4.78 is 5.88. The van der Waals surface area contributed by atoms with E-state index in [2.05, 4.69) is 36.5 Å². The highest BCUT2D eigenvalue weighted by Crippen LogP contribution is 2.27. The number of amides is 6. The first kappa shape index (κ1) is 44.8. The maximum Gasteiger partial charge on any atom is 0.328 e. The van der Waals surface area contributed by atoms with Crippen LogP contribution in [-0.4, -0.2) is 109 Å². The average Bonchev–Trinajstić information content (AvgIpc) is 3.31. The number of likely N-dealkylation sites (tertiary alicyclic amines) is 1. The average molecular weight is 870 g/mol. The van der Waals surface area contributed by atoms with E-state index in [1.165, 1.54) is 11.1 Å². The van der Waals surface area contributed by atoms with Gasteiger partial charge in [0.05, 0.1) is 17.6 Å². The van der Waals surface area contributed by atoms with Crippen LogP contribution in [0.2, 0.25) is 0 Å². The van der Waals surface area contributed by atoms with Gasteiger partial charge >= 0.3 is 6.03 Å². The Balaban J connectivity index is 0.796. The molecule has 3 aliphatic heterocycles. The second kappa shape index (κ2) is 21.2. The van der Waals surface area contributed by atoms with E-state index < -0.39 is 11.9 Å². The van der Waals surface area contributed by atoms with Gasteiger partial charge in [0.2, 0.25) is 11.8 Å². The number of benzene rings is 3. The predicted molar refractivity (Wildman–Crippen MR) is 243 cm³/mol. The second-order valence-electron chi connectivity index (χ2n) is 16.1. The smallest absolute Gasteiger partial charge is 0.328 e. The number of ether oxygens (including phenoxy) is 1. The zero-order valence-electron chi connectivity index (χ0n) is 35.9. The topological polar surface area (TPSA) is 227 Å². The standard InChI is InChI=1S/C47H55N11O6/c1-56(30-31-7-11-34(12-8-31)50-23-24-52-46(62)39-16-13-35(29-53-39)58-28-20-40(59)55-47(58)63)25-21-41(60)57-26-18-32(19-27-57)38-17-22-51-45(54-38)42(44(49)61)43(48)33-9-14-37(15-10-33)64-36-5-3-2-4-6-36/h2-16,29,32,38,48,50-51,54H,17-28,30H2,1H3,(H2,49,61)(H,52,62)(H,55,59,63)/b45-42+,48-43?/t38-/m0/s1. The van der Waals surface area contributed by atoms with Gasteiger partial charge in [-0.3, -0.25) is 34.8 Å². The van der Waals surface area contributed by atoms with Crippen LogP contribution in [0.3, 0.4) is 0 Å². The van der Waals surface area contributed by atoms with Crippen molar-refractivity contribution in [1.29, 1.82) is 5.41 Å². The van der Waals surface area contributed by atoms with Crippen molar-refractivity contribution in [2.75, 3.05) is 63.1 Å². The summed E-state index contributed by atoms with van der Waals surface area (Å²) in [6.07, 6.45) is 4.59. The monoisotopic (exact) mass is 869 g/mol. The Morgan fingerprint density at radius 3 is 2.33 bits per heavy atom. The summed E-state index contributed by atoms with van der Waals surface area (Å²) >= 11 is 0. The molecule has 0 unspecified atom stereocenters. The Bertz CT molecular complexity index is 2330. The largest absolute Gasteiger partial charge is 0.457 e. The van der Waals surface area contributed by atoms with Crippen LogP contribution in [0, 0.1) is 11.3 Å². The molecule has 3 fully saturated rings. The number of nitrogens with two attached hydrogens (primary N) is 1. The number of pyridine rings is 1. The lowest BCUT2D eigenvalue weighted by molar-refractivity contribution is -0.133. The number of primary amides is 1. The highest BCUT2D eigenvalue weighted by Gasteiger charge is 2.32. The number of aromatic nitrogens is 1. The third-order valence-corrected chi connectivity index (χ3v) is 11.6. The molecule has 3 saturated heterocycles. The zero-order valence-corrected chi connectivity index (χ0v) is 35.9. The minimum atomic E-state index is -0.687. The first-order valence-electron chi connectivity index (χ1n) is 21.6. The van der Waals surface area contributed by atoms with Crippen LogP contribution in [0.4, 0.5) is 16.2 Å². The SMILES string of the molecule is CN(CCC(=O)N1CCC([C@@H]2CCN/C(=C(/C(=N)c3ccc(Oc4ccccc4)cc3)C(N)=O)N2)CC1)Cc1ccc(NCCNC(=O)c2ccc(N3CCC(=O)NC3=O)cn2)cc1. The molecule has 0 spiro atoms. The zero-order chi connectivity index (χ0) is 45.0. The fourth-order valence-corrected chi connectivity index (χ4v) is 8.08.